The van der Waals surface area contributed by atoms with Gasteiger partial charge in [-0.25, -0.2) is 9.86 Å². The molecule has 0 radical (unpaired) electrons. The highest BCUT2D eigenvalue weighted by Gasteiger charge is 2.42. The Morgan fingerprint density at radius 2 is 2.00 bits per heavy atom. The zero-order valence-electron chi connectivity index (χ0n) is 11.1. The molecule has 4 rings (SSSR count). The molecule has 0 saturated carbocycles. The van der Waals surface area contributed by atoms with E-state index in [2.05, 4.69) is 0 Å². The zero-order chi connectivity index (χ0) is 14.1. The molecule has 1 saturated heterocycles. The third-order valence-corrected chi connectivity index (χ3v) is 3.62. The van der Waals surface area contributed by atoms with Gasteiger partial charge in [0.1, 0.15) is 6.10 Å². The van der Waals surface area contributed by atoms with Crippen LogP contribution in [0.4, 0.5) is 0 Å². The van der Waals surface area contributed by atoms with E-state index in [-0.39, 0.29) is 18.1 Å². The number of carbonyl (C=O) groups excluding carboxylic acids is 2. The maximum Gasteiger partial charge on any atom is 0.335 e. The molecule has 1 amide bonds. The number of hydrogen-bond acceptors (Lipinski definition) is 4. The number of ether oxygens (including phenoxy) is 1. The largest absolute Gasteiger partial charge is 0.466 e. The molecule has 2 atom stereocenters. The van der Waals surface area contributed by atoms with Crippen molar-refractivity contribution in [3.05, 3.63) is 47.5 Å². The first kappa shape index (κ1) is 12.9. The molecule has 104 valence electrons. The molecule has 2 aliphatic heterocycles. The quantitative estimate of drug-likeness (QED) is 0.770. The molecule has 1 aromatic carbocycles. The van der Waals surface area contributed by atoms with Crippen molar-refractivity contribution in [3.8, 4) is 0 Å². The van der Waals surface area contributed by atoms with Gasteiger partial charge in [0.05, 0.1) is 18.7 Å². The first-order valence-electron chi connectivity index (χ1n) is 6.56. The Bertz CT molecular complexity index is 566. The summed E-state index contributed by atoms with van der Waals surface area (Å²) in [5.74, 6) is -0.622. The van der Waals surface area contributed by atoms with Crippen molar-refractivity contribution in [3.63, 3.8) is 0 Å². The summed E-state index contributed by atoms with van der Waals surface area (Å²) in [5.41, 5.74) is 1.06. The lowest BCUT2D eigenvalue weighted by atomic mass is 9.90. The fraction of sp³-hybridized carbons (Fsp3) is 0.333. The van der Waals surface area contributed by atoms with Crippen molar-refractivity contribution in [2.45, 2.75) is 25.0 Å². The van der Waals surface area contributed by atoms with Crippen molar-refractivity contribution in [1.82, 2.24) is 5.06 Å². The van der Waals surface area contributed by atoms with Crippen LogP contribution in [0, 0.1) is 0 Å². The van der Waals surface area contributed by atoms with Gasteiger partial charge in [-0.3, -0.25) is 9.63 Å². The van der Waals surface area contributed by atoms with Crippen LogP contribution in [0.1, 0.15) is 23.2 Å². The lowest BCUT2D eigenvalue weighted by Gasteiger charge is -2.42. The molecule has 5 heteroatoms. The summed E-state index contributed by atoms with van der Waals surface area (Å²) < 4.78 is 4.78. The second-order valence-electron chi connectivity index (χ2n) is 4.85. The van der Waals surface area contributed by atoms with Gasteiger partial charge < -0.3 is 4.74 Å². The van der Waals surface area contributed by atoms with Gasteiger partial charge in [-0.2, -0.15) is 0 Å². The van der Waals surface area contributed by atoms with Crippen molar-refractivity contribution < 1.29 is 19.2 Å². The third-order valence-electron chi connectivity index (χ3n) is 3.62. The Kier molecular flexibility index (Phi) is 3.28. The average Bonchev–Trinajstić information content (AvgIpc) is 2.54. The SMILES string of the molecule is COC(=O)C1=C[C@@H]2CC[C@H]1N(C(=O)c1ccccc1)O2. The van der Waals surface area contributed by atoms with Crippen molar-refractivity contribution in [2.75, 3.05) is 7.11 Å². The molecule has 2 bridgehead atoms. The third kappa shape index (κ3) is 2.10. The van der Waals surface area contributed by atoms with E-state index in [0.717, 1.165) is 6.42 Å². The van der Waals surface area contributed by atoms with E-state index in [4.69, 9.17) is 9.57 Å². The van der Waals surface area contributed by atoms with Crippen LogP contribution in [-0.2, 0) is 14.4 Å². The predicted octanol–water partition coefficient (Wildman–Crippen LogP) is 1.70. The number of hydrogen-bond donors (Lipinski definition) is 0. The van der Waals surface area contributed by atoms with Gasteiger partial charge in [-0.15, -0.1) is 0 Å². The first-order valence-corrected chi connectivity index (χ1v) is 6.56. The summed E-state index contributed by atoms with van der Waals surface area (Å²) in [6.07, 6.45) is 3.05. The normalized spacial score (nSPS) is 24.2. The van der Waals surface area contributed by atoms with E-state index >= 15 is 0 Å². The van der Waals surface area contributed by atoms with E-state index in [1.807, 2.05) is 6.07 Å². The van der Waals surface area contributed by atoms with E-state index in [1.165, 1.54) is 12.2 Å². The maximum atomic E-state index is 12.5. The van der Waals surface area contributed by atoms with Gasteiger partial charge >= 0.3 is 5.97 Å². The Morgan fingerprint density at radius 1 is 1.25 bits per heavy atom. The van der Waals surface area contributed by atoms with Crippen molar-refractivity contribution >= 4 is 11.9 Å². The van der Waals surface area contributed by atoms with Gasteiger partial charge in [-0.05, 0) is 31.1 Å². The Balaban J connectivity index is 1.88. The summed E-state index contributed by atoms with van der Waals surface area (Å²) in [5, 5.41) is 1.32. The molecular formula is C15H15NO4. The van der Waals surface area contributed by atoms with Gasteiger partial charge in [0.2, 0.25) is 0 Å². The summed E-state index contributed by atoms with van der Waals surface area (Å²) >= 11 is 0. The molecule has 1 aromatic rings. The zero-order valence-corrected chi connectivity index (χ0v) is 11.1. The minimum atomic E-state index is -0.395. The van der Waals surface area contributed by atoms with Gasteiger partial charge in [0.15, 0.2) is 0 Å². The number of nitrogens with zero attached hydrogens (tertiary/aromatic N) is 1. The number of amides is 1. The molecule has 5 nitrogen and oxygen atoms in total. The number of hydroxylamine groups is 2. The van der Waals surface area contributed by atoms with Gasteiger partial charge in [0.25, 0.3) is 5.91 Å². The van der Waals surface area contributed by atoms with Gasteiger partial charge in [-0.1, -0.05) is 18.2 Å². The molecule has 20 heavy (non-hydrogen) atoms. The standard InChI is InChI=1S/C15H15NO4/c1-19-15(18)12-9-11-7-8-13(12)16(20-11)14(17)10-5-3-2-4-6-10/h2-6,9,11,13H,7-8H2,1H3/t11-,13+/m0/s1. The molecule has 2 heterocycles. The van der Waals surface area contributed by atoms with E-state index in [9.17, 15) is 9.59 Å². The van der Waals surface area contributed by atoms with Crippen LogP contribution in [-0.4, -0.2) is 36.2 Å². The predicted molar refractivity (Wildman–Crippen MR) is 70.6 cm³/mol. The van der Waals surface area contributed by atoms with E-state index in [1.54, 1.807) is 30.3 Å². The molecule has 0 aromatic heterocycles. The van der Waals surface area contributed by atoms with Crippen molar-refractivity contribution in [2.24, 2.45) is 0 Å². The van der Waals surface area contributed by atoms with Crippen LogP contribution in [0.2, 0.25) is 0 Å². The Labute approximate surface area is 116 Å². The minimum absolute atomic E-state index is 0.227. The molecular weight excluding hydrogens is 258 g/mol. The molecule has 1 fully saturated rings. The molecule has 0 spiro atoms. The van der Waals surface area contributed by atoms with Crippen LogP contribution in [0.25, 0.3) is 0 Å². The minimum Gasteiger partial charge on any atom is -0.466 e. The fourth-order valence-electron chi connectivity index (χ4n) is 2.64. The second-order valence-corrected chi connectivity index (χ2v) is 4.85. The number of rotatable bonds is 2. The number of methoxy groups -OCH3 is 1. The summed E-state index contributed by atoms with van der Waals surface area (Å²) in [7, 11) is 1.34. The number of benzene rings is 1. The monoisotopic (exact) mass is 273 g/mol. The lowest BCUT2D eigenvalue weighted by molar-refractivity contribution is -0.203. The Hall–Kier alpha value is -2.14. The number of esters is 1. The lowest BCUT2D eigenvalue weighted by Crippen LogP contribution is -2.52. The second kappa shape index (κ2) is 5.09. The highest BCUT2D eigenvalue weighted by Crippen LogP contribution is 2.34. The Morgan fingerprint density at radius 3 is 2.65 bits per heavy atom. The van der Waals surface area contributed by atoms with Crippen LogP contribution < -0.4 is 0 Å². The molecule has 1 aliphatic carbocycles. The summed E-state index contributed by atoms with van der Waals surface area (Å²) in [6.45, 7) is 0. The molecule has 0 unspecified atom stereocenters. The number of carbonyl (C=O) groups is 2. The maximum absolute atomic E-state index is 12.5. The summed E-state index contributed by atoms with van der Waals surface area (Å²) in [6, 6.07) is 8.55. The number of fused-ring (bicyclic) bond motifs is 2. The van der Waals surface area contributed by atoms with Crippen molar-refractivity contribution in [1.29, 1.82) is 0 Å². The first-order chi connectivity index (χ1) is 9.70. The fourth-order valence-corrected chi connectivity index (χ4v) is 2.64. The van der Waals surface area contributed by atoms with E-state index < -0.39 is 5.97 Å². The van der Waals surface area contributed by atoms with Crippen LogP contribution in [0.5, 0.6) is 0 Å². The van der Waals surface area contributed by atoms with Crippen LogP contribution in [0.15, 0.2) is 42.0 Å². The highest BCUT2D eigenvalue weighted by molar-refractivity contribution is 5.96. The average molecular weight is 273 g/mol. The van der Waals surface area contributed by atoms with Crippen LogP contribution >= 0.6 is 0 Å². The highest BCUT2D eigenvalue weighted by atomic mass is 16.7. The summed E-state index contributed by atoms with van der Waals surface area (Å²) in [4.78, 5) is 29.9. The topological polar surface area (TPSA) is 55.8 Å². The van der Waals surface area contributed by atoms with E-state index in [0.29, 0.717) is 17.6 Å². The smallest absolute Gasteiger partial charge is 0.335 e. The van der Waals surface area contributed by atoms with Crippen LogP contribution in [0.3, 0.4) is 0 Å². The molecule has 0 N–H and O–H groups in total. The van der Waals surface area contributed by atoms with Gasteiger partial charge in [0, 0.05) is 5.56 Å². The molecule has 3 aliphatic rings.